The Bertz CT molecular complexity index is 833. The summed E-state index contributed by atoms with van der Waals surface area (Å²) in [5, 5.41) is 12.8. The molecule has 0 bridgehead atoms. The zero-order chi connectivity index (χ0) is 17.6. The van der Waals surface area contributed by atoms with Crippen LogP contribution in [-0.2, 0) is 13.2 Å². The van der Waals surface area contributed by atoms with Crippen molar-refractivity contribution >= 4 is 11.9 Å². The second-order valence-electron chi connectivity index (χ2n) is 5.33. The minimum absolute atomic E-state index is 0.0929. The van der Waals surface area contributed by atoms with E-state index in [-0.39, 0.29) is 12.6 Å². The van der Waals surface area contributed by atoms with E-state index in [9.17, 15) is 5.11 Å². The predicted molar refractivity (Wildman–Crippen MR) is 95.9 cm³/mol. The molecule has 0 aliphatic heterocycles. The molecule has 0 spiro atoms. The number of aromatic nitrogens is 3. The summed E-state index contributed by atoms with van der Waals surface area (Å²) in [6, 6.07) is 15.3. The molecule has 0 fully saturated rings. The molecule has 0 saturated heterocycles. The molecule has 0 aliphatic rings. The third kappa shape index (κ3) is 3.84. The third-order valence-electron chi connectivity index (χ3n) is 3.67. The first kappa shape index (κ1) is 16.7. The second-order valence-corrected chi connectivity index (χ2v) is 5.33. The normalized spacial score (nSPS) is 10.5. The maximum Gasteiger partial charge on any atom is 0.228 e. The number of benzene rings is 2. The quantitative estimate of drug-likeness (QED) is 0.633. The Morgan fingerprint density at radius 3 is 2.56 bits per heavy atom. The van der Waals surface area contributed by atoms with E-state index in [0.717, 1.165) is 5.56 Å². The van der Waals surface area contributed by atoms with E-state index < -0.39 is 0 Å². The number of nitrogens with zero attached hydrogens (tertiary/aromatic N) is 3. The summed E-state index contributed by atoms with van der Waals surface area (Å²) < 4.78 is 5.38. The molecule has 3 aromatic rings. The molecule has 0 atom stereocenters. The van der Waals surface area contributed by atoms with Crippen LogP contribution in [0, 0.1) is 0 Å². The van der Waals surface area contributed by atoms with Crippen LogP contribution in [0.1, 0.15) is 11.1 Å². The molecule has 0 saturated carbocycles. The van der Waals surface area contributed by atoms with Gasteiger partial charge < -0.3 is 20.9 Å². The van der Waals surface area contributed by atoms with Gasteiger partial charge in [-0.15, -0.1) is 0 Å². The highest BCUT2D eigenvalue weighted by atomic mass is 16.5. The molecule has 4 N–H and O–H groups in total. The number of hydrogen-bond donors (Lipinski definition) is 3. The van der Waals surface area contributed by atoms with Crippen molar-refractivity contribution in [3.05, 3.63) is 59.7 Å². The maximum absolute atomic E-state index is 9.62. The van der Waals surface area contributed by atoms with E-state index in [2.05, 4.69) is 20.3 Å². The number of nitrogens with two attached hydrogens (primary N) is 1. The van der Waals surface area contributed by atoms with Gasteiger partial charge in [0.2, 0.25) is 11.9 Å². The van der Waals surface area contributed by atoms with E-state index in [4.69, 9.17) is 10.5 Å². The SMILES string of the molecule is COc1cccc(CO)c1-c1nc(N)nc(NCc2ccccc2)n1. The lowest BCUT2D eigenvalue weighted by atomic mass is 10.1. The van der Waals surface area contributed by atoms with E-state index >= 15 is 0 Å². The Labute approximate surface area is 145 Å². The van der Waals surface area contributed by atoms with Crippen LogP contribution in [0.2, 0.25) is 0 Å². The van der Waals surface area contributed by atoms with Gasteiger partial charge in [-0.05, 0) is 17.2 Å². The lowest BCUT2D eigenvalue weighted by Gasteiger charge is -2.13. The van der Waals surface area contributed by atoms with Gasteiger partial charge in [0.05, 0.1) is 19.3 Å². The molecule has 0 radical (unpaired) electrons. The average molecular weight is 337 g/mol. The van der Waals surface area contributed by atoms with Gasteiger partial charge >= 0.3 is 0 Å². The molecule has 3 rings (SSSR count). The summed E-state index contributed by atoms with van der Waals surface area (Å²) in [5.74, 6) is 1.37. The fourth-order valence-corrected chi connectivity index (χ4v) is 2.49. The van der Waals surface area contributed by atoms with Crippen molar-refractivity contribution < 1.29 is 9.84 Å². The number of nitrogens with one attached hydrogen (secondary N) is 1. The Balaban J connectivity index is 1.95. The van der Waals surface area contributed by atoms with Crippen LogP contribution in [-0.4, -0.2) is 27.2 Å². The van der Waals surface area contributed by atoms with Gasteiger partial charge in [-0.25, -0.2) is 0 Å². The molecular formula is C18H19N5O2. The fourth-order valence-electron chi connectivity index (χ4n) is 2.49. The zero-order valence-corrected chi connectivity index (χ0v) is 13.8. The average Bonchev–Trinajstić information content (AvgIpc) is 2.66. The first-order chi connectivity index (χ1) is 12.2. The van der Waals surface area contributed by atoms with Crippen LogP contribution < -0.4 is 15.8 Å². The number of rotatable bonds is 6. The summed E-state index contributed by atoms with van der Waals surface area (Å²) in [6.45, 7) is 0.396. The number of anilines is 2. The Morgan fingerprint density at radius 1 is 1.04 bits per heavy atom. The monoisotopic (exact) mass is 337 g/mol. The highest BCUT2D eigenvalue weighted by Gasteiger charge is 2.16. The van der Waals surface area contributed by atoms with Crippen molar-refractivity contribution in [2.75, 3.05) is 18.2 Å². The van der Waals surface area contributed by atoms with Crippen LogP contribution in [0.4, 0.5) is 11.9 Å². The van der Waals surface area contributed by atoms with Crippen molar-refractivity contribution in [3.63, 3.8) is 0 Å². The zero-order valence-electron chi connectivity index (χ0n) is 13.8. The van der Waals surface area contributed by atoms with Gasteiger partial charge in [0.25, 0.3) is 0 Å². The lowest BCUT2D eigenvalue weighted by Crippen LogP contribution is -2.09. The Kier molecular flexibility index (Phi) is 5.06. The fraction of sp³-hybridized carbons (Fsp3) is 0.167. The van der Waals surface area contributed by atoms with Gasteiger partial charge in [0, 0.05) is 6.54 Å². The second kappa shape index (κ2) is 7.59. The summed E-state index contributed by atoms with van der Waals surface area (Å²) in [7, 11) is 1.55. The van der Waals surface area contributed by atoms with Gasteiger partial charge in [0.15, 0.2) is 5.82 Å². The summed E-state index contributed by atoms with van der Waals surface area (Å²) in [4.78, 5) is 12.8. The molecule has 7 heteroatoms. The standard InChI is InChI=1S/C18H19N5O2/c1-25-14-9-5-8-13(11-24)15(14)16-21-17(19)23-18(22-16)20-10-12-6-3-2-4-7-12/h2-9,24H,10-11H2,1H3,(H3,19,20,21,22,23). The molecule has 1 heterocycles. The number of ether oxygens (including phenoxy) is 1. The Hall–Kier alpha value is -3.19. The van der Waals surface area contributed by atoms with Gasteiger partial charge in [-0.2, -0.15) is 15.0 Å². The number of methoxy groups -OCH3 is 1. The van der Waals surface area contributed by atoms with E-state index in [1.807, 2.05) is 30.3 Å². The van der Waals surface area contributed by atoms with Crippen LogP contribution in [0.3, 0.4) is 0 Å². The van der Waals surface area contributed by atoms with E-state index in [1.54, 1.807) is 25.3 Å². The largest absolute Gasteiger partial charge is 0.496 e. The Morgan fingerprint density at radius 2 is 1.84 bits per heavy atom. The smallest absolute Gasteiger partial charge is 0.228 e. The first-order valence-corrected chi connectivity index (χ1v) is 7.77. The molecular weight excluding hydrogens is 318 g/mol. The molecule has 0 aliphatic carbocycles. The number of nitrogen functional groups attached to an aromatic ring is 1. The van der Waals surface area contributed by atoms with Crippen LogP contribution in [0.25, 0.3) is 11.4 Å². The van der Waals surface area contributed by atoms with Gasteiger partial charge in [0.1, 0.15) is 5.75 Å². The van der Waals surface area contributed by atoms with Crippen molar-refractivity contribution in [2.45, 2.75) is 13.2 Å². The molecule has 0 amide bonds. The van der Waals surface area contributed by atoms with Crippen molar-refractivity contribution in [1.82, 2.24) is 15.0 Å². The topological polar surface area (TPSA) is 106 Å². The summed E-state index contributed by atoms with van der Waals surface area (Å²) >= 11 is 0. The third-order valence-corrected chi connectivity index (χ3v) is 3.67. The van der Waals surface area contributed by atoms with Crippen LogP contribution in [0.5, 0.6) is 5.75 Å². The van der Waals surface area contributed by atoms with Crippen molar-refractivity contribution in [1.29, 1.82) is 0 Å². The van der Waals surface area contributed by atoms with E-state index in [0.29, 0.717) is 35.2 Å². The summed E-state index contributed by atoms with van der Waals surface area (Å²) in [5.41, 5.74) is 8.19. The highest BCUT2D eigenvalue weighted by Crippen LogP contribution is 2.31. The number of aliphatic hydroxyl groups is 1. The number of hydrogen-bond acceptors (Lipinski definition) is 7. The van der Waals surface area contributed by atoms with Gasteiger partial charge in [-0.1, -0.05) is 42.5 Å². The number of aliphatic hydroxyl groups excluding tert-OH is 1. The maximum atomic E-state index is 9.62. The van der Waals surface area contributed by atoms with Crippen molar-refractivity contribution in [2.24, 2.45) is 0 Å². The van der Waals surface area contributed by atoms with Crippen LogP contribution >= 0.6 is 0 Å². The summed E-state index contributed by atoms with van der Waals surface area (Å²) in [6.07, 6.45) is 0. The van der Waals surface area contributed by atoms with Gasteiger partial charge in [-0.3, -0.25) is 0 Å². The first-order valence-electron chi connectivity index (χ1n) is 7.77. The molecule has 128 valence electrons. The molecule has 25 heavy (non-hydrogen) atoms. The lowest BCUT2D eigenvalue weighted by molar-refractivity contribution is 0.281. The minimum Gasteiger partial charge on any atom is -0.496 e. The van der Waals surface area contributed by atoms with Crippen molar-refractivity contribution in [3.8, 4) is 17.1 Å². The molecule has 0 unspecified atom stereocenters. The predicted octanol–water partition coefficient (Wildman–Crippen LogP) is 2.23. The molecule has 7 nitrogen and oxygen atoms in total. The molecule has 2 aromatic carbocycles. The van der Waals surface area contributed by atoms with Crippen LogP contribution in [0.15, 0.2) is 48.5 Å². The van der Waals surface area contributed by atoms with E-state index in [1.165, 1.54) is 0 Å². The molecule has 1 aromatic heterocycles. The highest BCUT2D eigenvalue weighted by molar-refractivity contribution is 5.69. The minimum atomic E-state index is -0.162.